The summed E-state index contributed by atoms with van der Waals surface area (Å²) in [6, 6.07) is 1.87. The summed E-state index contributed by atoms with van der Waals surface area (Å²) in [5.41, 5.74) is 0. The van der Waals surface area contributed by atoms with Gasteiger partial charge in [-0.25, -0.2) is 4.98 Å². The first-order valence-corrected chi connectivity index (χ1v) is 9.09. The molecule has 0 saturated carbocycles. The van der Waals surface area contributed by atoms with Crippen molar-refractivity contribution >= 4 is 40.9 Å². The van der Waals surface area contributed by atoms with Crippen LogP contribution in [0.3, 0.4) is 0 Å². The standard InChI is InChI=1S/C16H24Cl2N6O/c1-3-14(25)24-7-4-12(10-24)23-16(19-2)21-6-5-20-15-13(18)8-11(17)9-22-15/h8-9,12H,3-7,10H2,1-2H3,(H,20,22)(H2,19,21,23). The molecular weight excluding hydrogens is 363 g/mol. The van der Waals surface area contributed by atoms with Gasteiger partial charge in [0.1, 0.15) is 5.82 Å². The summed E-state index contributed by atoms with van der Waals surface area (Å²) >= 11 is 11.9. The molecule has 1 atom stereocenters. The van der Waals surface area contributed by atoms with E-state index in [0.29, 0.717) is 41.3 Å². The lowest BCUT2D eigenvalue weighted by Gasteiger charge is -2.19. The van der Waals surface area contributed by atoms with Crippen molar-refractivity contribution in [1.29, 1.82) is 0 Å². The van der Waals surface area contributed by atoms with Gasteiger partial charge < -0.3 is 20.9 Å². The average molecular weight is 387 g/mol. The van der Waals surface area contributed by atoms with E-state index in [-0.39, 0.29) is 11.9 Å². The number of carbonyl (C=O) groups excluding carboxylic acids is 1. The number of rotatable bonds is 6. The van der Waals surface area contributed by atoms with E-state index in [9.17, 15) is 4.79 Å². The van der Waals surface area contributed by atoms with Crippen LogP contribution in [0.5, 0.6) is 0 Å². The molecule has 1 fully saturated rings. The third-order valence-electron chi connectivity index (χ3n) is 3.93. The number of hydrogen-bond donors (Lipinski definition) is 3. The molecule has 1 aliphatic rings. The Hall–Kier alpha value is -1.73. The van der Waals surface area contributed by atoms with Crippen LogP contribution < -0.4 is 16.0 Å². The normalized spacial score (nSPS) is 17.5. The van der Waals surface area contributed by atoms with Gasteiger partial charge in [-0.05, 0) is 12.5 Å². The van der Waals surface area contributed by atoms with Crippen molar-refractivity contribution in [2.45, 2.75) is 25.8 Å². The van der Waals surface area contributed by atoms with E-state index in [1.807, 2.05) is 11.8 Å². The highest BCUT2D eigenvalue weighted by Gasteiger charge is 2.25. The van der Waals surface area contributed by atoms with Gasteiger partial charge in [0, 0.05) is 51.9 Å². The van der Waals surface area contributed by atoms with Crippen LogP contribution in [0.2, 0.25) is 10.0 Å². The van der Waals surface area contributed by atoms with Crippen LogP contribution in [0.15, 0.2) is 17.3 Å². The highest BCUT2D eigenvalue weighted by molar-refractivity contribution is 6.35. The number of nitrogens with one attached hydrogen (secondary N) is 3. The zero-order valence-electron chi connectivity index (χ0n) is 14.5. The smallest absolute Gasteiger partial charge is 0.222 e. The Morgan fingerprint density at radius 2 is 2.24 bits per heavy atom. The van der Waals surface area contributed by atoms with Crippen molar-refractivity contribution in [1.82, 2.24) is 20.5 Å². The van der Waals surface area contributed by atoms with Gasteiger partial charge in [-0.3, -0.25) is 9.79 Å². The van der Waals surface area contributed by atoms with Crippen LogP contribution in [-0.4, -0.2) is 61.0 Å². The van der Waals surface area contributed by atoms with Crippen LogP contribution >= 0.6 is 23.2 Å². The maximum Gasteiger partial charge on any atom is 0.222 e. The minimum atomic E-state index is 0.198. The fourth-order valence-electron chi connectivity index (χ4n) is 2.62. The number of hydrogen-bond acceptors (Lipinski definition) is 4. The molecule has 0 aliphatic carbocycles. The molecule has 138 valence electrons. The van der Waals surface area contributed by atoms with E-state index in [2.05, 4.69) is 25.9 Å². The van der Waals surface area contributed by atoms with E-state index in [4.69, 9.17) is 23.2 Å². The molecule has 3 N–H and O–H groups in total. The van der Waals surface area contributed by atoms with E-state index >= 15 is 0 Å². The third-order valence-corrected chi connectivity index (χ3v) is 4.42. The molecule has 2 heterocycles. The monoisotopic (exact) mass is 386 g/mol. The Morgan fingerprint density at radius 3 is 2.92 bits per heavy atom. The number of pyridine rings is 1. The predicted molar refractivity (Wildman–Crippen MR) is 103 cm³/mol. The molecule has 9 heteroatoms. The molecule has 7 nitrogen and oxygen atoms in total. The molecule has 0 aromatic carbocycles. The molecule has 2 rings (SSSR count). The topological polar surface area (TPSA) is 81.7 Å². The van der Waals surface area contributed by atoms with Gasteiger partial charge in [0.15, 0.2) is 5.96 Å². The first-order chi connectivity index (χ1) is 12.0. The maximum atomic E-state index is 11.7. The van der Waals surface area contributed by atoms with E-state index in [1.54, 1.807) is 19.3 Å². The first kappa shape index (κ1) is 19.6. The van der Waals surface area contributed by atoms with E-state index < -0.39 is 0 Å². The minimum absolute atomic E-state index is 0.198. The number of aliphatic imine (C=N–C) groups is 1. The molecule has 1 aliphatic heterocycles. The maximum absolute atomic E-state index is 11.7. The van der Waals surface area contributed by atoms with Gasteiger partial charge in [-0.2, -0.15) is 0 Å². The Kier molecular flexibility index (Phi) is 7.58. The molecule has 1 amide bonds. The van der Waals surface area contributed by atoms with Crippen molar-refractivity contribution < 1.29 is 4.79 Å². The zero-order valence-corrected chi connectivity index (χ0v) is 16.0. The van der Waals surface area contributed by atoms with Crippen molar-refractivity contribution in [2.24, 2.45) is 4.99 Å². The van der Waals surface area contributed by atoms with Crippen LogP contribution in [0, 0.1) is 0 Å². The predicted octanol–water partition coefficient (Wildman–Crippen LogP) is 1.98. The summed E-state index contributed by atoms with van der Waals surface area (Å²) in [6.07, 6.45) is 3.02. The molecule has 0 radical (unpaired) electrons. The highest BCUT2D eigenvalue weighted by Crippen LogP contribution is 2.21. The van der Waals surface area contributed by atoms with Crippen molar-refractivity contribution in [2.75, 3.05) is 38.5 Å². The SMILES string of the molecule is CCC(=O)N1CCC(NC(=NC)NCCNc2ncc(Cl)cc2Cl)C1. The number of amides is 1. The molecular formula is C16H24Cl2N6O. The number of anilines is 1. The number of likely N-dealkylation sites (tertiary alicyclic amines) is 1. The lowest BCUT2D eigenvalue weighted by molar-refractivity contribution is -0.129. The summed E-state index contributed by atoms with van der Waals surface area (Å²) < 4.78 is 0. The largest absolute Gasteiger partial charge is 0.367 e. The summed E-state index contributed by atoms with van der Waals surface area (Å²) in [4.78, 5) is 22.0. The second-order valence-corrected chi connectivity index (χ2v) is 6.58. The van der Waals surface area contributed by atoms with Gasteiger partial charge in [0.05, 0.1) is 10.0 Å². The lowest BCUT2D eigenvalue weighted by atomic mass is 10.3. The summed E-state index contributed by atoms with van der Waals surface area (Å²) in [6.45, 7) is 4.67. The van der Waals surface area contributed by atoms with Crippen LogP contribution in [-0.2, 0) is 4.79 Å². The van der Waals surface area contributed by atoms with Gasteiger partial charge >= 0.3 is 0 Å². The molecule has 1 unspecified atom stereocenters. The number of aromatic nitrogens is 1. The molecule has 0 bridgehead atoms. The van der Waals surface area contributed by atoms with Gasteiger partial charge in [-0.1, -0.05) is 30.1 Å². The molecule has 0 spiro atoms. The molecule has 1 saturated heterocycles. The fourth-order valence-corrected chi connectivity index (χ4v) is 3.07. The number of nitrogens with zero attached hydrogens (tertiary/aromatic N) is 3. The summed E-state index contributed by atoms with van der Waals surface area (Å²) in [5, 5.41) is 10.7. The van der Waals surface area contributed by atoms with Crippen LogP contribution in [0.4, 0.5) is 5.82 Å². The average Bonchev–Trinajstić information content (AvgIpc) is 3.07. The fraction of sp³-hybridized carbons (Fsp3) is 0.562. The van der Waals surface area contributed by atoms with E-state index in [0.717, 1.165) is 19.5 Å². The number of guanidine groups is 1. The number of carbonyl (C=O) groups is 1. The van der Waals surface area contributed by atoms with Gasteiger partial charge in [0.2, 0.25) is 5.91 Å². The van der Waals surface area contributed by atoms with Crippen molar-refractivity contribution in [3.8, 4) is 0 Å². The number of halogens is 2. The minimum Gasteiger partial charge on any atom is -0.367 e. The van der Waals surface area contributed by atoms with Crippen LogP contribution in [0.1, 0.15) is 19.8 Å². The Bertz CT molecular complexity index is 625. The Labute approximate surface area is 158 Å². The molecule has 25 heavy (non-hydrogen) atoms. The summed E-state index contributed by atoms with van der Waals surface area (Å²) in [7, 11) is 1.73. The van der Waals surface area contributed by atoms with E-state index in [1.165, 1.54) is 0 Å². The second-order valence-electron chi connectivity index (χ2n) is 5.73. The second kappa shape index (κ2) is 9.68. The lowest BCUT2D eigenvalue weighted by Crippen LogP contribution is -2.46. The van der Waals surface area contributed by atoms with Crippen LogP contribution in [0.25, 0.3) is 0 Å². The summed E-state index contributed by atoms with van der Waals surface area (Å²) in [5.74, 6) is 1.51. The Morgan fingerprint density at radius 1 is 1.44 bits per heavy atom. The third kappa shape index (κ3) is 5.93. The highest BCUT2D eigenvalue weighted by atomic mass is 35.5. The van der Waals surface area contributed by atoms with Gasteiger partial charge in [-0.15, -0.1) is 0 Å². The quantitative estimate of drug-likeness (QED) is 0.395. The molecule has 1 aromatic rings. The van der Waals surface area contributed by atoms with Crippen molar-refractivity contribution in [3.63, 3.8) is 0 Å². The first-order valence-electron chi connectivity index (χ1n) is 8.33. The zero-order chi connectivity index (χ0) is 18.2. The molecule has 1 aromatic heterocycles. The van der Waals surface area contributed by atoms with Crippen molar-refractivity contribution in [3.05, 3.63) is 22.3 Å². The Balaban J connectivity index is 1.71. The van der Waals surface area contributed by atoms with Gasteiger partial charge in [0.25, 0.3) is 0 Å².